The second kappa shape index (κ2) is 11.5. The van der Waals surface area contributed by atoms with Crippen LogP contribution in [0.5, 0.6) is 5.75 Å². The Labute approximate surface area is 258 Å². The Balaban J connectivity index is 1.47. The fourth-order valence-electron chi connectivity index (χ4n) is 5.42. The first-order valence-corrected chi connectivity index (χ1v) is 14.0. The second-order valence-electron chi connectivity index (χ2n) is 12.0. The molecule has 1 heterocycles. The first kappa shape index (κ1) is 32.5. The number of esters is 1. The number of hydrogen-bond acceptors (Lipinski definition) is 7. The maximum atomic E-state index is 15.2. The van der Waals surface area contributed by atoms with E-state index in [0.717, 1.165) is 28.0 Å². The summed E-state index contributed by atoms with van der Waals surface area (Å²) < 4.78 is 88.8. The number of ether oxygens (including phenoxy) is 1. The number of aromatic nitrogens is 2. The van der Waals surface area contributed by atoms with E-state index in [1.54, 1.807) is 52.6 Å². The van der Waals surface area contributed by atoms with Gasteiger partial charge in [-0.2, -0.15) is 8.78 Å². The number of anilines is 1. The van der Waals surface area contributed by atoms with Crippen LogP contribution in [-0.4, -0.2) is 28.7 Å². The first-order chi connectivity index (χ1) is 21.4. The zero-order valence-corrected chi connectivity index (χ0v) is 25.5. The molecule has 0 saturated heterocycles. The Hall–Kier alpha value is -4.88. The van der Waals surface area contributed by atoms with E-state index in [-0.39, 0.29) is 22.9 Å². The molecule has 0 fully saturated rings. The number of hydrogen-bond donors (Lipinski definition) is 0. The molecular weight excluding hydrogens is 620 g/mol. The minimum atomic E-state index is -2.44. The SMILES string of the molecule is Cc1c2c(cc3nc(C)n(OC(=O)C(C)(C)C)c(=O)c13)CCC2N(C)c1ccc(C(=O)Oc2c(F)c(F)c(F)c(F)c2F)c(F)c1. The third kappa shape index (κ3) is 5.35. The third-order valence-corrected chi connectivity index (χ3v) is 7.89. The Morgan fingerprint density at radius 2 is 1.57 bits per heavy atom. The molecule has 3 aromatic carbocycles. The quantitative estimate of drug-likeness (QED) is 0.0839. The van der Waals surface area contributed by atoms with Crippen molar-refractivity contribution in [1.29, 1.82) is 0 Å². The summed E-state index contributed by atoms with van der Waals surface area (Å²) in [4.78, 5) is 50.2. The van der Waals surface area contributed by atoms with Crippen LogP contribution >= 0.6 is 0 Å². The number of nitrogens with zero attached hydrogens (tertiary/aromatic N) is 3. The Morgan fingerprint density at radius 1 is 0.957 bits per heavy atom. The van der Waals surface area contributed by atoms with Gasteiger partial charge >= 0.3 is 11.9 Å². The molecule has 0 spiro atoms. The summed E-state index contributed by atoms with van der Waals surface area (Å²) in [6.07, 6.45) is 1.15. The van der Waals surface area contributed by atoms with Gasteiger partial charge in [-0.3, -0.25) is 4.79 Å². The van der Waals surface area contributed by atoms with Crippen molar-refractivity contribution < 1.29 is 45.5 Å². The Morgan fingerprint density at radius 3 is 2.15 bits per heavy atom. The largest absolute Gasteiger partial charge is 0.416 e. The number of halogens is 6. The maximum absolute atomic E-state index is 15.2. The minimum Gasteiger partial charge on any atom is -0.416 e. The van der Waals surface area contributed by atoms with Crippen molar-refractivity contribution in [3.63, 3.8) is 0 Å². The third-order valence-electron chi connectivity index (χ3n) is 7.89. The zero-order chi connectivity index (χ0) is 34.0. The molecule has 14 heteroatoms. The fourth-order valence-corrected chi connectivity index (χ4v) is 5.42. The molecule has 0 bridgehead atoms. The van der Waals surface area contributed by atoms with Crippen LogP contribution in [0.15, 0.2) is 29.1 Å². The maximum Gasteiger partial charge on any atom is 0.346 e. The number of benzene rings is 3. The van der Waals surface area contributed by atoms with Gasteiger partial charge in [0.15, 0.2) is 0 Å². The molecule has 1 aliphatic carbocycles. The van der Waals surface area contributed by atoms with Crippen molar-refractivity contribution in [2.75, 3.05) is 11.9 Å². The molecule has 242 valence electrons. The summed E-state index contributed by atoms with van der Waals surface area (Å²) in [6.45, 7) is 8.23. The van der Waals surface area contributed by atoms with Crippen LogP contribution in [0, 0.1) is 54.2 Å². The van der Waals surface area contributed by atoms with Crippen LogP contribution < -0.4 is 20.0 Å². The zero-order valence-electron chi connectivity index (χ0n) is 25.5. The van der Waals surface area contributed by atoms with Crippen LogP contribution in [0.1, 0.15) is 66.1 Å². The summed E-state index contributed by atoms with van der Waals surface area (Å²) >= 11 is 0. The molecule has 0 radical (unpaired) electrons. The highest BCUT2D eigenvalue weighted by Gasteiger charge is 2.33. The summed E-state index contributed by atoms with van der Waals surface area (Å²) in [5, 5.41) is 0.240. The number of carbonyl (C=O) groups excluding carboxylic acids is 2. The smallest absolute Gasteiger partial charge is 0.346 e. The summed E-state index contributed by atoms with van der Waals surface area (Å²) in [5.41, 5.74) is 0.685. The minimum absolute atomic E-state index is 0.190. The summed E-state index contributed by atoms with van der Waals surface area (Å²) in [7, 11) is 1.65. The Kier molecular flexibility index (Phi) is 8.12. The Bertz CT molecular complexity index is 1990. The molecule has 0 N–H and O–H groups in total. The lowest BCUT2D eigenvalue weighted by atomic mass is 9.96. The average Bonchev–Trinajstić information content (AvgIpc) is 3.42. The van der Waals surface area contributed by atoms with E-state index in [2.05, 4.69) is 9.72 Å². The molecule has 8 nitrogen and oxygen atoms in total. The topological polar surface area (TPSA) is 90.7 Å². The molecule has 1 aliphatic rings. The van der Waals surface area contributed by atoms with Crippen molar-refractivity contribution in [2.45, 2.75) is 53.5 Å². The predicted octanol–water partition coefficient (Wildman–Crippen LogP) is 6.19. The lowest BCUT2D eigenvalue weighted by molar-refractivity contribution is -0.154. The van der Waals surface area contributed by atoms with Crippen molar-refractivity contribution in [3.8, 4) is 5.75 Å². The molecule has 0 saturated carbocycles. The highest BCUT2D eigenvalue weighted by molar-refractivity contribution is 5.92. The first-order valence-electron chi connectivity index (χ1n) is 14.0. The van der Waals surface area contributed by atoms with Gasteiger partial charge in [0.05, 0.1) is 27.9 Å². The van der Waals surface area contributed by atoms with E-state index < -0.39 is 69.1 Å². The molecule has 4 aromatic rings. The molecule has 5 rings (SSSR count). The van der Waals surface area contributed by atoms with Crippen LogP contribution in [0.25, 0.3) is 10.9 Å². The van der Waals surface area contributed by atoms with Crippen molar-refractivity contribution in [1.82, 2.24) is 9.71 Å². The van der Waals surface area contributed by atoms with Crippen LogP contribution in [0.4, 0.5) is 32.0 Å². The van der Waals surface area contributed by atoms with E-state index in [1.807, 2.05) is 0 Å². The van der Waals surface area contributed by atoms with Gasteiger partial charge < -0.3 is 14.5 Å². The number of carbonyl (C=O) groups is 2. The number of fused-ring (bicyclic) bond motifs is 2. The monoisotopic (exact) mass is 647 g/mol. The number of aryl methyl sites for hydroxylation is 3. The van der Waals surface area contributed by atoms with E-state index in [4.69, 9.17) is 4.84 Å². The highest BCUT2D eigenvalue weighted by Crippen LogP contribution is 2.41. The van der Waals surface area contributed by atoms with Gasteiger partial charge in [0.2, 0.25) is 34.8 Å². The summed E-state index contributed by atoms with van der Waals surface area (Å²) in [5.74, 6) is -17.0. The van der Waals surface area contributed by atoms with Crippen molar-refractivity contribution in [3.05, 3.63) is 97.6 Å². The molecule has 46 heavy (non-hydrogen) atoms. The average molecular weight is 648 g/mol. The lowest BCUT2D eigenvalue weighted by Gasteiger charge is -2.29. The highest BCUT2D eigenvalue weighted by atomic mass is 19.2. The van der Waals surface area contributed by atoms with E-state index >= 15 is 4.39 Å². The van der Waals surface area contributed by atoms with Gasteiger partial charge in [0.1, 0.15) is 11.6 Å². The standard InChI is InChI=1S/C32H27F6N3O5/c1-13-21-15(11-19-22(13)29(42)41(14(2)39-19)46-31(44)32(3,4)5)7-10-20(21)40(6)16-8-9-17(18(33)12-16)30(43)45-28-26(37)24(35)23(34)25(36)27(28)38/h8-9,11-12,20H,7,10H2,1-6H3. The van der Waals surface area contributed by atoms with Gasteiger partial charge in [0, 0.05) is 12.7 Å². The fraction of sp³-hybridized carbons (Fsp3) is 0.312. The molecule has 0 amide bonds. The molecule has 1 unspecified atom stereocenters. The number of rotatable bonds is 5. The molecule has 1 atom stereocenters. The van der Waals surface area contributed by atoms with Gasteiger partial charge in [-0.25, -0.2) is 32.1 Å². The van der Waals surface area contributed by atoms with Crippen LogP contribution in [-0.2, 0) is 11.2 Å². The molecular formula is C32H27F6N3O5. The van der Waals surface area contributed by atoms with Crippen molar-refractivity contribution >= 4 is 28.5 Å². The normalized spacial score (nSPS) is 14.4. The van der Waals surface area contributed by atoms with Gasteiger partial charge in [-0.15, -0.1) is 4.73 Å². The van der Waals surface area contributed by atoms with Crippen LogP contribution in [0.3, 0.4) is 0 Å². The van der Waals surface area contributed by atoms with Crippen LogP contribution in [0.2, 0.25) is 0 Å². The van der Waals surface area contributed by atoms with Gasteiger partial charge in [-0.1, -0.05) is 0 Å². The van der Waals surface area contributed by atoms with E-state index in [9.17, 15) is 36.3 Å². The summed E-state index contributed by atoms with van der Waals surface area (Å²) in [6, 6.07) is 4.63. The van der Waals surface area contributed by atoms with Crippen molar-refractivity contribution in [2.24, 2.45) is 5.41 Å². The lowest BCUT2D eigenvalue weighted by Crippen LogP contribution is -2.39. The van der Waals surface area contributed by atoms with E-state index in [1.165, 1.54) is 6.07 Å². The van der Waals surface area contributed by atoms with Gasteiger partial charge in [-0.05, 0) is 88.4 Å². The molecule has 0 aliphatic heterocycles. The second-order valence-corrected chi connectivity index (χ2v) is 12.0. The van der Waals surface area contributed by atoms with Gasteiger partial charge in [0.25, 0.3) is 5.56 Å². The van der Waals surface area contributed by atoms with E-state index in [0.29, 0.717) is 23.9 Å². The molecule has 1 aromatic heterocycles. The predicted molar refractivity (Wildman–Crippen MR) is 154 cm³/mol.